The van der Waals surface area contributed by atoms with Crippen LogP contribution in [0.5, 0.6) is 0 Å². The SMILES string of the molecule is OB(O)B(O)O.c1ccccc1. The van der Waals surface area contributed by atoms with Crippen molar-refractivity contribution in [3.05, 3.63) is 36.4 Å². The lowest BCUT2D eigenvalue weighted by atomic mass is 9.50. The predicted molar refractivity (Wildman–Crippen MR) is 46.8 cm³/mol. The van der Waals surface area contributed by atoms with Crippen LogP contribution in [0.4, 0.5) is 0 Å². The van der Waals surface area contributed by atoms with Crippen molar-refractivity contribution in [1.29, 1.82) is 0 Å². The van der Waals surface area contributed by atoms with Gasteiger partial charge in [0, 0.05) is 0 Å². The van der Waals surface area contributed by atoms with E-state index in [1.807, 2.05) is 36.4 Å². The summed E-state index contributed by atoms with van der Waals surface area (Å²) in [4.78, 5) is 0. The Kier molecular flexibility index (Phi) is 6.41. The number of hydrogen-bond acceptors (Lipinski definition) is 4. The van der Waals surface area contributed by atoms with Crippen molar-refractivity contribution < 1.29 is 20.1 Å². The molecule has 12 heavy (non-hydrogen) atoms. The molecule has 0 atom stereocenters. The number of hydrogen-bond donors (Lipinski definition) is 4. The van der Waals surface area contributed by atoms with Crippen LogP contribution in [0.1, 0.15) is 0 Å². The fraction of sp³-hybridized carbons (Fsp3) is 0. The van der Waals surface area contributed by atoms with Crippen LogP contribution in [0.15, 0.2) is 36.4 Å². The predicted octanol–water partition coefficient (Wildman–Crippen LogP) is -1.30. The van der Waals surface area contributed by atoms with Gasteiger partial charge in [-0.15, -0.1) is 0 Å². The standard InChI is InChI=1S/C6H6.B2H4O4/c1-2-4-6-5-3-1;3-1(4)2(5)6/h1-6H;3-6H. The molecule has 6 heteroatoms. The Morgan fingerprint density at radius 3 is 0.750 bits per heavy atom. The average Bonchev–Trinajstić information content (AvgIpc) is 2.08. The third-order valence-electron chi connectivity index (χ3n) is 0.933. The maximum absolute atomic E-state index is 7.69. The summed E-state index contributed by atoms with van der Waals surface area (Å²) in [6.07, 6.45) is 0. The summed E-state index contributed by atoms with van der Waals surface area (Å²) < 4.78 is 0. The zero-order valence-electron chi connectivity index (χ0n) is 6.41. The van der Waals surface area contributed by atoms with E-state index in [9.17, 15) is 0 Å². The Bertz CT molecular complexity index is 147. The van der Waals surface area contributed by atoms with E-state index >= 15 is 0 Å². The second-order valence-electron chi connectivity index (χ2n) is 1.98. The first-order valence-electron chi connectivity index (χ1n) is 3.37. The van der Waals surface area contributed by atoms with Crippen LogP contribution in [-0.4, -0.2) is 34.1 Å². The largest absolute Gasteiger partial charge is 0.482 e. The van der Waals surface area contributed by atoms with Crippen molar-refractivity contribution in [1.82, 2.24) is 0 Å². The smallest absolute Gasteiger partial charge is 0.429 e. The molecule has 0 aliphatic heterocycles. The zero-order chi connectivity index (χ0) is 9.40. The van der Waals surface area contributed by atoms with Crippen molar-refractivity contribution in [2.24, 2.45) is 0 Å². The highest BCUT2D eigenvalue weighted by atomic mass is 16.4. The molecule has 0 fully saturated rings. The zero-order valence-corrected chi connectivity index (χ0v) is 6.41. The maximum atomic E-state index is 7.69. The van der Waals surface area contributed by atoms with E-state index in [0.29, 0.717) is 0 Å². The van der Waals surface area contributed by atoms with Crippen LogP contribution in [0.2, 0.25) is 0 Å². The molecule has 0 saturated carbocycles. The Morgan fingerprint density at radius 2 is 0.667 bits per heavy atom. The molecule has 0 aliphatic rings. The molecule has 0 bridgehead atoms. The molecular weight excluding hydrogens is 158 g/mol. The number of benzene rings is 1. The molecule has 0 unspecified atom stereocenters. The van der Waals surface area contributed by atoms with Crippen LogP contribution in [0, 0.1) is 0 Å². The van der Waals surface area contributed by atoms with Crippen LogP contribution in [0.3, 0.4) is 0 Å². The molecular formula is C6H10B2O4. The molecule has 0 spiro atoms. The van der Waals surface area contributed by atoms with E-state index in [2.05, 4.69) is 0 Å². The van der Waals surface area contributed by atoms with Gasteiger partial charge in [0.1, 0.15) is 0 Å². The van der Waals surface area contributed by atoms with Gasteiger partial charge in [0.05, 0.1) is 0 Å². The first kappa shape index (κ1) is 11.2. The van der Waals surface area contributed by atoms with Gasteiger partial charge in [-0.1, -0.05) is 36.4 Å². The van der Waals surface area contributed by atoms with E-state index in [1.165, 1.54) is 0 Å². The fourth-order valence-corrected chi connectivity index (χ4v) is 0.385. The van der Waals surface area contributed by atoms with Crippen LogP contribution in [0.25, 0.3) is 0 Å². The minimum absolute atomic E-state index is 2.00. The third kappa shape index (κ3) is 7.30. The van der Waals surface area contributed by atoms with Crippen molar-refractivity contribution in [2.75, 3.05) is 0 Å². The normalized spacial score (nSPS) is 8.00. The summed E-state index contributed by atoms with van der Waals surface area (Å²) in [5, 5.41) is 30.7. The molecule has 4 N–H and O–H groups in total. The highest BCUT2D eigenvalue weighted by Gasteiger charge is 2.23. The molecule has 1 aromatic carbocycles. The molecule has 0 radical (unpaired) electrons. The van der Waals surface area contributed by atoms with Gasteiger partial charge in [-0.3, -0.25) is 0 Å². The van der Waals surface area contributed by atoms with Crippen molar-refractivity contribution in [2.45, 2.75) is 0 Å². The Labute approximate surface area is 71.4 Å². The summed E-state index contributed by atoms with van der Waals surface area (Å²) in [7, 11) is -4.07. The van der Waals surface area contributed by atoms with Gasteiger partial charge in [0.25, 0.3) is 0 Å². The van der Waals surface area contributed by atoms with Gasteiger partial charge >= 0.3 is 14.0 Å². The maximum Gasteiger partial charge on any atom is 0.482 e. The second-order valence-corrected chi connectivity index (χ2v) is 1.98. The van der Waals surface area contributed by atoms with E-state index in [1.54, 1.807) is 0 Å². The van der Waals surface area contributed by atoms with Crippen LogP contribution < -0.4 is 0 Å². The first-order chi connectivity index (χ1) is 5.64. The van der Waals surface area contributed by atoms with Gasteiger partial charge in [-0.05, 0) is 0 Å². The van der Waals surface area contributed by atoms with Crippen LogP contribution >= 0.6 is 0 Å². The Hall–Kier alpha value is -0.810. The minimum atomic E-state index is -2.04. The molecule has 0 amide bonds. The van der Waals surface area contributed by atoms with Gasteiger partial charge in [-0.25, -0.2) is 0 Å². The quantitative estimate of drug-likeness (QED) is 0.392. The summed E-state index contributed by atoms with van der Waals surface area (Å²) >= 11 is 0. The molecule has 1 rings (SSSR count). The lowest BCUT2D eigenvalue weighted by molar-refractivity contribution is 0.368. The molecule has 0 saturated heterocycles. The molecule has 0 aromatic heterocycles. The van der Waals surface area contributed by atoms with E-state index < -0.39 is 14.0 Å². The van der Waals surface area contributed by atoms with Crippen molar-refractivity contribution in [3.63, 3.8) is 0 Å². The first-order valence-corrected chi connectivity index (χ1v) is 3.37. The van der Waals surface area contributed by atoms with Gasteiger partial charge in [0.2, 0.25) is 0 Å². The Balaban J connectivity index is 0.000000202. The number of rotatable bonds is 1. The van der Waals surface area contributed by atoms with Gasteiger partial charge < -0.3 is 20.1 Å². The summed E-state index contributed by atoms with van der Waals surface area (Å²) in [5.41, 5.74) is 0. The fourth-order valence-electron chi connectivity index (χ4n) is 0.385. The Morgan fingerprint density at radius 1 is 0.500 bits per heavy atom. The summed E-state index contributed by atoms with van der Waals surface area (Å²) in [6, 6.07) is 12.0. The van der Waals surface area contributed by atoms with E-state index in [0.717, 1.165) is 0 Å². The highest BCUT2D eigenvalue weighted by molar-refractivity contribution is 7.07. The van der Waals surface area contributed by atoms with E-state index in [4.69, 9.17) is 20.1 Å². The van der Waals surface area contributed by atoms with Crippen LogP contribution in [-0.2, 0) is 0 Å². The van der Waals surface area contributed by atoms with Gasteiger partial charge in [-0.2, -0.15) is 0 Å². The molecule has 0 aliphatic carbocycles. The highest BCUT2D eigenvalue weighted by Crippen LogP contribution is 1.79. The van der Waals surface area contributed by atoms with Crippen molar-refractivity contribution >= 4 is 14.0 Å². The topological polar surface area (TPSA) is 80.9 Å². The lowest BCUT2D eigenvalue weighted by Gasteiger charge is -1.89. The second kappa shape index (κ2) is 6.87. The molecule has 1 aromatic rings. The summed E-state index contributed by atoms with van der Waals surface area (Å²) in [5.74, 6) is 0. The third-order valence-corrected chi connectivity index (χ3v) is 0.933. The lowest BCUT2D eigenvalue weighted by Crippen LogP contribution is -2.35. The minimum Gasteiger partial charge on any atom is -0.429 e. The average molecular weight is 168 g/mol. The summed E-state index contributed by atoms with van der Waals surface area (Å²) in [6.45, 7) is 0. The van der Waals surface area contributed by atoms with Gasteiger partial charge in [0.15, 0.2) is 0 Å². The molecule has 0 heterocycles. The molecule has 64 valence electrons. The molecule has 4 nitrogen and oxygen atoms in total. The monoisotopic (exact) mass is 168 g/mol. The van der Waals surface area contributed by atoms with Crippen molar-refractivity contribution in [3.8, 4) is 0 Å². The van der Waals surface area contributed by atoms with E-state index in [-0.39, 0.29) is 0 Å².